The molecule has 198 valence electrons. The van der Waals surface area contributed by atoms with E-state index in [9.17, 15) is 9.59 Å². The van der Waals surface area contributed by atoms with Gasteiger partial charge in [-0.1, -0.05) is 60.2 Å². The second-order valence-corrected chi connectivity index (χ2v) is 9.65. The van der Waals surface area contributed by atoms with Crippen LogP contribution in [-0.2, 0) is 9.53 Å². The van der Waals surface area contributed by atoms with Crippen molar-refractivity contribution in [2.45, 2.75) is 46.3 Å². The van der Waals surface area contributed by atoms with Crippen LogP contribution in [-0.4, -0.2) is 42.5 Å². The molecule has 0 saturated heterocycles. The highest BCUT2D eigenvalue weighted by molar-refractivity contribution is 6.18. The van der Waals surface area contributed by atoms with Crippen molar-refractivity contribution in [2.75, 3.05) is 25.1 Å². The van der Waals surface area contributed by atoms with Gasteiger partial charge < -0.3 is 19.7 Å². The molecule has 3 aromatic carbocycles. The maximum absolute atomic E-state index is 14.0. The molecule has 3 aromatic rings. The van der Waals surface area contributed by atoms with Crippen LogP contribution in [0.1, 0.15) is 54.7 Å². The van der Waals surface area contributed by atoms with E-state index in [-0.39, 0.29) is 17.8 Å². The molecule has 6 heteroatoms. The van der Waals surface area contributed by atoms with E-state index in [2.05, 4.69) is 5.32 Å². The molecule has 1 aliphatic heterocycles. The van der Waals surface area contributed by atoms with Gasteiger partial charge in [0, 0.05) is 24.4 Å². The first kappa shape index (κ1) is 27.1. The summed E-state index contributed by atoms with van der Waals surface area (Å²) in [6, 6.07) is 24.0. The topological polar surface area (TPSA) is 67.9 Å². The van der Waals surface area contributed by atoms with Gasteiger partial charge in [0.1, 0.15) is 11.4 Å². The third-order valence-electron chi connectivity index (χ3n) is 6.43. The SMILES string of the molecule is CCOc1ccc(C2C(C(=O)c3ccccc3)=C(Nc3ccc(C)cc3)C(=O)N2CCCOC(C)C)cc1. The number of hydrogen-bond acceptors (Lipinski definition) is 5. The molecule has 6 nitrogen and oxygen atoms in total. The minimum absolute atomic E-state index is 0.110. The Morgan fingerprint density at radius 1 is 0.974 bits per heavy atom. The Morgan fingerprint density at radius 2 is 1.66 bits per heavy atom. The maximum atomic E-state index is 14.0. The fraction of sp³-hybridized carbons (Fsp3) is 0.312. The van der Waals surface area contributed by atoms with E-state index in [0.717, 1.165) is 22.6 Å². The highest BCUT2D eigenvalue weighted by Gasteiger charge is 2.43. The summed E-state index contributed by atoms with van der Waals surface area (Å²) in [5, 5.41) is 3.30. The summed E-state index contributed by atoms with van der Waals surface area (Å²) in [7, 11) is 0. The normalized spacial score (nSPS) is 15.3. The van der Waals surface area contributed by atoms with E-state index >= 15 is 0 Å². The summed E-state index contributed by atoms with van der Waals surface area (Å²) in [4.78, 5) is 29.8. The standard InChI is InChI=1S/C32H36N2O4/c1-5-37-27-18-14-24(15-19-27)30-28(31(35)25-10-7-6-8-11-25)29(33-26-16-12-23(4)13-17-26)32(36)34(30)20-9-21-38-22(2)3/h6-8,10-19,22,30,33H,5,9,20-21H2,1-4H3. The summed E-state index contributed by atoms with van der Waals surface area (Å²) >= 11 is 0. The number of ether oxygens (including phenoxy) is 2. The van der Waals surface area contributed by atoms with Crippen molar-refractivity contribution < 1.29 is 19.1 Å². The van der Waals surface area contributed by atoms with Gasteiger partial charge in [-0.25, -0.2) is 0 Å². The Hall–Kier alpha value is -3.90. The van der Waals surface area contributed by atoms with Crippen molar-refractivity contribution in [3.8, 4) is 5.75 Å². The average Bonchev–Trinajstić information content (AvgIpc) is 3.19. The molecular formula is C32H36N2O4. The largest absolute Gasteiger partial charge is 0.494 e. The number of nitrogens with zero attached hydrogens (tertiary/aromatic N) is 1. The van der Waals surface area contributed by atoms with Gasteiger partial charge >= 0.3 is 0 Å². The van der Waals surface area contributed by atoms with E-state index in [4.69, 9.17) is 9.47 Å². The molecular weight excluding hydrogens is 476 g/mol. The lowest BCUT2D eigenvalue weighted by molar-refractivity contribution is -0.127. The highest BCUT2D eigenvalue weighted by atomic mass is 16.5. The van der Waals surface area contributed by atoms with Crippen LogP contribution in [0.2, 0.25) is 0 Å². The van der Waals surface area contributed by atoms with Gasteiger partial charge in [-0.3, -0.25) is 9.59 Å². The van der Waals surface area contributed by atoms with Crippen LogP contribution in [0, 0.1) is 6.92 Å². The van der Waals surface area contributed by atoms with E-state index in [1.165, 1.54) is 0 Å². The third-order valence-corrected chi connectivity index (χ3v) is 6.43. The summed E-state index contributed by atoms with van der Waals surface area (Å²) in [5.41, 5.74) is 4.02. The molecule has 0 saturated carbocycles. The van der Waals surface area contributed by atoms with Crippen molar-refractivity contribution in [1.82, 2.24) is 4.90 Å². The van der Waals surface area contributed by atoms with Crippen molar-refractivity contribution >= 4 is 17.4 Å². The van der Waals surface area contributed by atoms with Gasteiger partial charge in [0.05, 0.1) is 24.3 Å². The quantitative estimate of drug-likeness (QED) is 0.227. The first-order valence-corrected chi connectivity index (χ1v) is 13.2. The zero-order chi connectivity index (χ0) is 27.1. The number of anilines is 1. The zero-order valence-electron chi connectivity index (χ0n) is 22.6. The van der Waals surface area contributed by atoms with Crippen LogP contribution >= 0.6 is 0 Å². The lowest BCUT2D eigenvalue weighted by Gasteiger charge is -2.27. The summed E-state index contributed by atoms with van der Waals surface area (Å²) in [5.74, 6) is 0.372. The fourth-order valence-corrected chi connectivity index (χ4v) is 4.60. The van der Waals surface area contributed by atoms with Crippen LogP contribution in [0.15, 0.2) is 90.1 Å². The number of hydrogen-bond donors (Lipinski definition) is 1. The number of Topliss-reactive ketones (excluding diaryl/α,β-unsaturated/α-hetero) is 1. The minimum Gasteiger partial charge on any atom is -0.494 e. The lowest BCUT2D eigenvalue weighted by Crippen LogP contribution is -2.33. The van der Waals surface area contributed by atoms with Gasteiger partial charge in [-0.15, -0.1) is 0 Å². The summed E-state index contributed by atoms with van der Waals surface area (Å²) < 4.78 is 11.4. The molecule has 1 amide bonds. The van der Waals surface area contributed by atoms with Crippen LogP contribution in [0.3, 0.4) is 0 Å². The number of carbonyl (C=O) groups excluding carboxylic acids is 2. The molecule has 0 bridgehead atoms. The third kappa shape index (κ3) is 6.32. The van der Waals surface area contributed by atoms with Gasteiger partial charge in [0.2, 0.25) is 0 Å². The van der Waals surface area contributed by atoms with Gasteiger partial charge in [-0.05, 0) is 63.9 Å². The molecule has 0 spiro atoms. The van der Waals surface area contributed by atoms with E-state index < -0.39 is 6.04 Å². The minimum atomic E-state index is -0.544. The molecule has 1 atom stereocenters. The number of nitrogens with one attached hydrogen (secondary N) is 1. The summed E-state index contributed by atoms with van der Waals surface area (Å²) in [6.07, 6.45) is 0.764. The van der Waals surface area contributed by atoms with Crippen LogP contribution in [0.5, 0.6) is 5.75 Å². The number of aryl methyl sites for hydroxylation is 1. The Bertz CT molecular complexity index is 1270. The molecule has 0 radical (unpaired) electrons. The number of carbonyl (C=O) groups is 2. The molecule has 38 heavy (non-hydrogen) atoms. The van der Waals surface area contributed by atoms with E-state index in [1.807, 2.05) is 94.4 Å². The molecule has 1 N–H and O–H groups in total. The molecule has 1 unspecified atom stereocenters. The monoisotopic (exact) mass is 512 g/mol. The Labute approximate surface area is 225 Å². The highest BCUT2D eigenvalue weighted by Crippen LogP contribution is 2.40. The predicted octanol–water partition coefficient (Wildman–Crippen LogP) is 6.34. The number of benzene rings is 3. The second-order valence-electron chi connectivity index (χ2n) is 9.65. The van der Waals surface area contributed by atoms with Crippen LogP contribution in [0.4, 0.5) is 5.69 Å². The van der Waals surface area contributed by atoms with Crippen LogP contribution < -0.4 is 10.1 Å². The molecule has 0 aliphatic carbocycles. The molecule has 0 aromatic heterocycles. The van der Waals surface area contributed by atoms with E-state index in [0.29, 0.717) is 43.0 Å². The van der Waals surface area contributed by atoms with Gasteiger partial charge in [0.15, 0.2) is 5.78 Å². The first-order valence-electron chi connectivity index (χ1n) is 13.2. The van der Waals surface area contributed by atoms with Crippen molar-refractivity contribution in [1.29, 1.82) is 0 Å². The Morgan fingerprint density at radius 3 is 2.29 bits per heavy atom. The predicted molar refractivity (Wildman–Crippen MR) is 150 cm³/mol. The first-order chi connectivity index (χ1) is 18.4. The van der Waals surface area contributed by atoms with Gasteiger partial charge in [-0.2, -0.15) is 0 Å². The Kier molecular flexibility index (Phi) is 8.98. The van der Waals surface area contributed by atoms with Crippen LogP contribution in [0.25, 0.3) is 0 Å². The Balaban J connectivity index is 1.79. The maximum Gasteiger partial charge on any atom is 0.271 e. The number of rotatable bonds is 12. The number of amides is 1. The smallest absolute Gasteiger partial charge is 0.271 e. The van der Waals surface area contributed by atoms with Crippen molar-refractivity contribution in [2.24, 2.45) is 0 Å². The molecule has 0 fully saturated rings. The van der Waals surface area contributed by atoms with Crippen molar-refractivity contribution in [3.05, 3.63) is 107 Å². The number of ketones is 1. The summed E-state index contributed by atoms with van der Waals surface area (Å²) in [6.45, 7) is 9.47. The van der Waals surface area contributed by atoms with Crippen molar-refractivity contribution in [3.63, 3.8) is 0 Å². The van der Waals surface area contributed by atoms with E-state index in [1.54, 1.807) is 17.0 Å². The molecule has 1 aliphatic rings. The zero-order valence-corrected chi connectivity index (χ0v) is 22.6. The van der Waals surface area contributed by atoms with Gasteiger partial charge in [0.25, 0.3) is 5.91 Å². The average molecular weight is 513 g/mol. The molecule has 1 heterocycles. The fourth-order valence-electron chi connectivity index (χ4n) is 4.60. The lowest BCUT2D eigenvalue weighted by atomic mass is 9.92. The second kappa shape index (κ2) is 12.6. The molecule has 4 rings (SSSR count).